The van der Waals surface area contributed by atoms with Crippen molar-refractivity contribution >= 4 is 52.2 Å². The second-order valence-electron chi connectivity index (χ2n) is 9.53. The molecule has 212 valence electrons. The van der Waals surface area contributed by atoms with Gasteiger partial charge < -0.3 is 20.1 Å². The Hall–Kier alpha value is -4.57. The Morgan fingerprint density at radius 1 is 0.805 bits per heavy atom. The first-order chi connectivity index (χ1) is 19.6. The summed E-state index contributed by atoms with van der Waals surface area (Å²) < 4.78 is 11.4. The number of aryl methyl sites for hydroxylation is 3. The van der Waals surface area contributed by atoms with Crippen LogP contribution in [-0.2, 0) is 14.4 Å². The monoisotopic (exact) mass is 573 g/mol. The topological polar surface area (TPSA) is 114 Å². The number of nitrogens with one attached hydrogen (secondary N) is 2. The second kappa shape index (κ2) is 13.2. The van der Waals surface area contributed by atoms with Gasteiger partial charge in [-0.05, 0) is 98.6 Å². The van der Waals surface area contributed by atoms with Gasteiger partial charge in [0.25, 0.3) is 17.1 Å². The molecule has 2 N–H and O–H groups in total. The van der Waals surface area contributed by atoms with E-state index in [0.29, 0.717) is 35.0 Å². The summed E-state index contributed by atoms with van der Waals surface area (Å²) in [6.07, 6.45) is 1.56. The summed E-state index contributed by atoms with van der Waals surface area (Å²) in [5, 5.41) is 5.00. The van der Waals surface area contributed by atoms with Crippen LogP contribution in [0.4, 0.5) is 16.2 Å². The molecule has 3 aromatic carbocycles. The molecule has 1 aliphatic rings. The molecule has 1 fully saturated rings. The third-order valence-electron chi connectivity index (χ3n) is 5.94. The van der Waals surface area contributed by atoms with E-state index in [-0.39, 0.29) is 17.4 Å². The first-order valence-corrected chi connectivity index (χ1v) is 13.8. The Kier molecular flexibility index (Phi) is 9.46. The number of rotatable bonds is 10. The normalized spacial score (nSPS) is 13.9. The summed E-state index contributed by atoms with van der Waals surface area (Å²) in [4.78, 5) is 51.6. The second-order valence-corrected chi connectivity index (χ2v) is 10.5. The molecule has 0 aromatic heterocycles. The van der Waals surface area contributed by atoms with Gasteiger partial charge in [-0.3, -0.25) is 24.1 Å². The van der Waals surface area contributed by atoms with Crippen LogP contribution in [0, 0.1) is 20.8 Å². The predicted molar refractivity (Wildman–Crippen MR) is 160 cm³/mol. The van der Waals surface area contributed by atoms with Crippen molar-refractivity contribution in [2.24, 2.45) is 0 Å². The van der Waals surface area contributed by atoms with Gasteiger partial charge in [-0.15, -0.1) is 0 Å². The Labute approximate surface area is 242 Å². The number of amides is 4. The summed E-state index contributed by atoms with van der Waals surface area (Å²) in [5.74, 6) is -0.599. The lowest BCUT2D eigenvalue weighted by Crippen LogP contribution is -2.36. The molecule has 0 bridgehead atoms. The molecule has 1 saturated heterocycles. The number of benzene rings is 3. The van der Waals surface area contributed by atoms with Crippen LogP contribution in [0.25, 0.3) is 6.08 Å². The highest BCUT2D eigenvalue weighted by Gasteiger charge is 2.36. The van der Waals surface area contributed by atoms with Gasteiger partial charge in [-0.25, -0.2) is 0 Å². The third kappa shape index (κ3) is 7.98. The van der Waals surface area contributed by atoms with E-state index >= 15 is 0 Å². The molecule has 4 amide bonds. The number of carbonyl (C=O) groups is 4. The Morgan fingerprint density at radius 2 is 1.49 bits per heavy atom. The highest BCUT2D eigenvalue weighted by Crippen LogP contribution is 2.34. The maximum atomic E-state index is 13.0. The molecule has 0 spiro atoms. The van der Waals surface area contributed by atoms with Gasteiger partial charge in [0.05, 0.1) is 11.5 Å². The zero-order chi connectivity index (χ0) is 29.5. The van der Waals surface area contributed by atoms with E-state index in [1.807, 2.05) is 70.2 Å². The van der Waals surface area contributed by atoms with Crippen LogP contribution >= 0.6 is 11.8 Å². The summed E-state index contributed by atoms with van der Waals surface area (Å²) in [6.45, 7) is 7.35. The fourth-order valence-corrected chi connectivity index (χ4v) is 5.00. The molecular weight excluding hydrogens is 542 g/mol. The van der Waals surface area contributed by atoms with E-state index in [4.69, 9.17) is 9.47 Å². The fourth-order valence-electron chi connectivity index (χ4n) is 4.16. The molecule has 4 rings (SSSR count). The Bertz CT molecular complexity index is 1500. The van der Waals surface area contributed by atoms with Gasteiger partial charge in [-0.2, -0.15) is 0 Å². The summed E-state index contributed by atoms with van der Waals surface area (Å²) in [6, 6.07) is 18.0. The zero-order valence-electron chi connectivity index (χ0n) is 23.3. The Balaban J connectivity index is 1.40. The van der Waals surface area contributed by atoms with Gasteiger partial charge >= 0.3 is 0 Å². The summed E-state index contributed by atoms with van der Waals surface area (Å²) >= 11 is 0.763. The molecule has 1 aliphatic heterocycles. The first kappa shape index (κ1) is 29.4. The maximum absolute atomic E-state index is 13.0. The number of nitrogens with zero attached hydrogens (tertiary/aromatic N) is 1. The van der Waals surface area contributed by atoms with Crippen molar-refractivity contribution in [3.63, 3.8) is 0 Å². The van der Waals surface area contributed by atoms with Crippen molar-refractivity contribution in [1.82, 2.24) is 4.90 Å². The van der Waals surface area contributed by atoms with Crippen molar-refractivity contribution in [2.45, 2.75) is 27.7 Å². The number of imide groups is 1. The standard InChI is InChI=1S/C31H31N3O6S/c1-5-39-26-15-22(8-11-25(26)40-18-29(36)32-23-9-6-19(2)7-10-23)16-27-30(37)34(31(38)41-27)17-28(35)33-24-13-20(3)12-21(4)14-24/h6-16H,5,17-18H2,1-4H3,(H,32,36)(H,33,35)/b27-16-. The van der Waals surface area contributed by atoms with E-state index in [1.54, 1.807) is 24.3 Å². The van der Waals surface area contributed by atoms with Crippen LogP contribution in [-0.4, -0.2) is 47.6 Å². The first-order valence-electron chi connectivity index (χ1n) is 13.0. The fraction of sp³-hybridized carbons (Fsp3) is 0.226. The van der Waals surface area contributed by atoms with Crippen molar-refractivity contribution < 1.29 is 28.7 Å². The minimum atomic E-state index is -0.554. The number of anilines is 2. The Morgan fingerprint density at radius 3 is 2.17 bits per heavy atom. The van der Waals surface area contributed by atoms with Crippen molar-refractivity contribution in [2.75, 3.05) is 30.4 Å². The average molecular weight is 574 g/mol. The summed E-state index contributed by atoms with van der Waals surface area (Å²) in [7, 11) is 0. The summed E-state index contributed by atoms with van der Waals surface area (Å²) in [5.41, 5.74) is 4.93. The minimum absolute atomic E-state index is 0.183. The molecule has 9 nitrogen and oxygen atoms in total. The van der Waals surface area contributed by atoms with Crippen molar-refractivity contribution in [3.8, 4) is 11.5 Å². The molecule has 0 aliphatic carbocycles. The quantitative estimate of drug-likeness (QED) is 0.299. The van der Waals surface area contributed by atoms with Crippen LogP contribution in [0.3, 0.4) is 0 Å². The third-order valence-corrected chi connectivity index (χ3v) is 6.85. The van der Waals surface area contributed by atoms with E-state index in [0.717, 1.165) is 33.4 Å². The lowest BCUT2D eigenvalue weighted by atomic mass is 10.1. The molecular formula is C31H31N3O6S. The number of thioether (sulfide) groups is 1. The molecule has 1 heterocycles. The van der Waals surface area contributed by atoms with Crippen LogP contribution in [0.2, 0.25) is 0 Å². The van der Waals surface area contributed by atoms with Crippen LogP contribution < -0.4 is 20.1 Å². The van der Waals surface area contributed by atoms with Crippen molar-refractivity contribution in [1.29, 1.82) is 0 Å². The average Bonchev–Trinajstić information content (AvgIpc) is 3.16. The van der Waals surface area contributed by atoms with Crippen LogP contribution in [0.15, 0.2) is 65.6 Å². The molecule has 41 heavy (non-hydrogen) atoms. The predicted octanol–water partition coefficient (Wildman–Crippen LogP) is 5.70. The van der Waals surface area contributed by atoms with E-state index in [2.05, 4.69) is 10.6 Å². The number of hydrogen-bond donors (Lipinski definition) is 2. The minimum Gasteiger partial charge on any atom is -0.490 e. The van der Waals surface area contributed by atoms with Gasteiger partial charge in [0.1, 0.15) is 6.54 Å². The number of carbonyl (C=O) groups excluding carboxylic acids is 4. The van der Waals surface area contributed by atoms with Gasteiger partial charge in [0.2, 0.25) is 5.91 Å². The molecule has 0 unspecified atom stereocenters. The molecule has 10 heteroatoms. The van der Waals surface area contributed by atoms with Crippen LogP contribution in [0.1, 0.15) is 29.2 Å². The maximum Gasteiger partial charge on any atom is 0.294 e. The highest BCUT2D eigenvalue weighted by molar-refractivity contribution is 8.18. The lowest BCUT2D eigenvalue weighted by molar-refractivity contribution is -0.127. The van der Waals surface area contributed by atoms with Gasteiger partial charge in [0.15, 0.2) is 18.1 Å². The van der Waals surface area contributed by atoms with E-state index < -0.39 is 23.6 Å². The van der Waals surface area contributed by atoms with E-state index in [1.165, 1.54) is 0 Å². The molecule has 0 radical (unpaired) electrons. The van der Waals surface area contributed by atoms with Gasteiger partial charge in [-0.1, -0.05) is 29.8 Å². The number of hydrogen-bond acceptors (Lipinski definition) is 7. The lowest BCUT2D eigenvalue weighted by Gasteiger charge is -2.13. The van der Waals surface area contributed by atoms with E-state index in [9.17, 15) is 19.2 Å². The van der Waals surface area contributed by atoms with Gasteiger partial charge in [0, 0.05) is 11.4 Å². The zero-order valence-corrected chi connectivity index (χ0v) is 24.1. The molecule has 0 saturated carbocycles. The molecule has 0 atom stereocenters. The number of ether oxygens (including phenoxy) is 2. The SMILES string of the molecule is CCOc1cc(/C=C2\SC(=O)N(CC(=O)Nc3cc(C)cc(C)c3)C2=O)ccc1OCC(=O)Nc1ccc(C)cc1. The smallest absolute Gasteiger partial charge is 0.294 e. The van der Waals surface area contributed by atoms with Crippen LogP contribution in [0.5, 0.6) is 11.5 Å². The largest absolute Gasteiger partial charge is 0.490 e. The molecule has 3 aromatic rings. The highest BCUT2D eigenvalue weighted by atomic mass is 32.2. The van der Waals surface area contributed by atoms with Crippen molar-refractivity contribution in [3.05, 3.63) is 87.8 Å².